The van der Waals surface area contributed by atoms with E-state index in [0.717, 1.165) is 21.9 Å². The number of nitrogens with one attached hydrogen (secondary N) is 1. The van der Waals surface area contributed by atoms with E-state index in [1.165, 1.54) is 16.7 Å². The maximum absolute atomic E-state index is 12.8. The van der Waals surface area contributed by atoms with Crippen LogP contribution in [0.25, 0.3) is 16.8 Å². The summed E-state index contributed by atoms with van der Waals surface area (Å²) in [6.45, 7) is 0.852. The van der Waals surface area contributed by atoms with E-state index in [2.05, 4.69) is 5.32 Å². The molecular formula is C25H20N2O4S2. The minimum atomic E-state index is -0.161. The van der Waals surface area contributed by atoms with Crippen molar-refractivity contribution in [1.82, 2.24) is 10.2 Å². The van der Waals surface area contributed by atoms with E-state index in [1.807, 2.05) is 60.7 Å². The number of amides is 2. The smallest absolute Gasteiger partial charge is 0.266 e. The molecule has 3 aromatic rings. The average Bonchev–Trinajstić information content (AvgIpc) is 3.39. The van der Waals surface area contributed by atoms with Crippen LogP contribution in [0, 0.1) is 0 Å². The third-order valence-electron chi connectivity index (χ3n) is 5.46. The molecule has 2 amide bonds. The van der Waals surface area contributed by atoms with Crippen LogP contribution in [0.15, 0.2) is 65.6 Å². The van der Waals surface area contributed by atoms with E-state index in [1.54, 1.807) is 6.08 Å². The molecule has 166 valence electrons. The summed E-state index contributed by atoms with van der Waals surface area (Å²) in [6.07, 6.45) is 2.07. The molecule has 0 atom stereocenters. The summed E-state index contributed by atoms with van der Waals surface area (Å²) in [4.78, 5) is 27.4. The third kappa shape index (κ3) is 4.58. The molecular weight excluding hydrogens is 456 g/mol. The molecule has 5 rings (SSSR count). The molecule has 6 nitrogen and oxygen atoms in total. The first-order valence-corrected chi connectivity index (χ1v) is 11.7. The van der Waals surface area contributed by atoms with Crippen LogP contribution in [0.2, 0.25) is 0 Å². The van der Waals surface area contributed by atoms with Crippen molar-refractivity contribution in [3.8, 4) is 11.5 Å². The van der Waals surface area contributed by atoms with Gasteiger partial charge in [-0.2, -0.15) is 0 Å². The molecule has 2 aliphatic rings. The average molecular weight is 477 g/mol. The number of rotatable bonds is 6. The lowest BCUT2D eigenvalue weighted by atomic mass is 10.0. The fourth-order valence-electron chi connectivity index (χ4n) is 3.84. The Bertz CT molecular complexity index is 1300. The summed E-state index contributed by atoms with van der Waals surface area (Å²) in [6, 6.07) is 19.5. The van der Waals surface area contributed by atoms with Gasteiger partial charge < -0.3 is 14.8 Å². The van der Waals surface area contributed by atoms with Crippen molar-refractivity contribution in [2.75, 3.05) is 19.9 Å². The molecule has 8 heteroatoms. The molecule has 1 saturated heterocycles. The zero-order valence-corrected chi connectivity index (χ0v) is 19.2. The van der Waals surface area contributed by atoms with Gasteiger partial charge in [0, 0.05) is 13.1 Å². The van der Waals surface area contributed by atoms with Crippen LogP contribution >= 0.6 is 24.0 Å². The maximum Gasteiger partial charge on any atom is 0.266 e. The maximum atomic E-state index is 12.8. The van der Waals surface area contributed by atoms with Crippen LogP contribution in [0.1, 0.15) is 11.1 Å². The Labute approximate surface area is 200 Å². The molecule has 1 N–H and O–H groups in total. The third-order valence-corrected chi connectivity index (χ3v) is 6.83. The molecule has 0 bridgehead atoms. The van der Waals surface area contributed by atoms with Crippen molar-refractivity contribution in [3.05, 3.63) is 76.7 Å². The number of benzene rings is 3. The fraction of sp³-hybridized carbons (Fsp3) is 0.160. The number of carbonyl (C=O) groups is 2. The molecule has 0 aromatic heterocycles. The Hall–Kier alpha value is -3.36. The van der Waals surface area contributed by atoms with Crippen molar-refractivity contribution >= 4 is 57.0 Å². The lowest BCUT2D eigenvalue weighted by molar-refractivity contribution is -0.123. The summed E-state index contributed by atoms with van der Waals surface area (Å²) in [5, 5.41) is 5.08. The van der Waals surface area contributed by atoms with Crippen LogP contribution in [0.5, 0.6) is 11.5 Å². The van der Waals surface area contributed by atoms with Crippen molar-refractivity contribution in [2.45, 2.75) is 6.42 Å². The van der Waals surface area contributed by atoms with Gasteiger partial charge in [-0.05, 0) is 40.1 Å². The highest BCUT2D eigenvalue weighted by atomic mass is 32.2. The van der Waals surface area contributed by atoms with Crippen molar-refractivity contribution in [3.63, 3.8) is 0 Å². The number of fused-ring (bicyclic) bond motifs is 2. The van der Waals surface area contributed by atoms with Crippen molar-refractivity contribution < 1.29 is 19.1 Å². The highest BCUT2D eigenvalue weighted by Gasteiger charge is 2.31. The number of thiocarbonyl (C=S) groups is 1. The second-order valence-electron chi connectivity index (χ2n) is 7.61. The summed E-state index contributed by atoms with van der Waals surface area (Å²) in [5.41, 5.74) is 1.81. The SMILES string of the molecule is O=C(Cc1cccc2ccccc12)NCCN1C(=O)/C(=C\c2ccc3c(c2)OCO3)SC1=S. The van der Waals surface area contributed by atoms with E-state index >= 15 is 0 Å². The normalized spacial score (nSPS) is 16.1. The van der Waals surface area contributed by atoms with Gasteiger partial charge in [0.15, 0.2) is 11.5 Å². The Kier molecular flexibility index (Phi) is 6.02. The van der Waals surface area contributed by atoms with Gasteiger partial charge in [0.05, 0.1) is 11.3 Å². The fourth-order valence-corrected chi connectivity index (χ4v) is 5.14. The summed E-state index contributed by atoms with van der Waals surface area (Å²) >= 11 is 6.65. The number of nitrogens with zero attached hydrogens (tertiary/aromatic N) is 1. The van der Waals surface area contributed by atoms with Crippen molar-refractivity contribution in [2.24, 2.45) is 0 Å². The quantitative estimate of drug-likeness (QED) is 0.426. The zero-order chi connectivity index (χ0) is 22.8. The van der Waals surface area contributed by atoms with E-state index in [9.17, 15) is 9.59 Å². The molecule has 0 unspecified atom stereocenters. The number of hydrogen-bond donors (Lipinski definition) is 1. The molecule has 2 aliphatic heterocycles. The minimum Gasteiger partial charge on any atom is -0.454 e. The van der Waals surface area contributed by atoms with E-state index in [0.29, 0.717) is 33.8 Å². The second kappa shape index (κ2) is 9.25. The second-order valence-corrected chi connectivity index (χ2v) is 9.29. The van der Waals surface area contributed by atoms with Crippen LogP contribution < -0.4 is 14.8 Å². The van der Waals surface area contributed by atoms with Gasteiger partial charge >= 0.3 is 0 Å². The van der Waals surface area contributed by atoms with E-state index < -0.39 is 0 Å². The Morgan fingerprint density at radius 1 is 1.09 bits per heavy atom. The molecule has 0 spiro atoms. The highest BCUT2D eigenvalue weighted by molar-refractivity contribution is 8.26. The first-order valence-electron chi connectivity index (χ1n) is 10.5. The Morgan fingerprint density at radius 3 is 2.82 bits per heavy atom. The van der Waals surface area contributed by atoms with Gasteiger partial charge in [0.25, 0.3) is 5.91 Å². The summed E-state index contributed by atoms with van der Waals surface area (Å²) < 4.78 is 11.2. The van der Waals surface area contributed by atoms with Gasteiger partial charge in [0.2, 0.25) is 12.7 Å². The minimum absolute atomic E-state index is 0.0901. The summed E-state index contributed by atoms with van der Waals surface area (Å²) in [5.74, 6) is 1.10. The lowest BCUT2D eigenvalue weighted by Gasteiger charge is -2.15. The molecule has 1 fully saturated rings. The number of thioether (sulfide) groups is 1. The lowest BCUT2D eigenvalue weighted by Crippen LogP contribution is -2.37. The number of ether oxygens (including phenoxy) is 2. The van der Waals surface area contributed by atoms with Gasteiger partial charge in [-0.3, -0.25) is 14.5 Å². The molecule has 2 heterocycles. The largest absolute Gasteiger partial charge is 0.454 e. The van der Waals surface area contributed by atoms with Gasteiger partial charge in [-0.1, -0.05) is 72.5 Å². The van der Waals surface area contributed by atoms with Crippen molar-refractivity contribution in [1.29, 1.82) is 0 Å². The topological polar surface area (TPSA) is 67.9 Å². The van der Waals surface area contributed by atoms with Gasteiger partial charge in [-0.25, -0.2) is 0 Å². The van der Waals surface area contributed by atoms with E-state index in [4.69, 9.17) is 21.7 Å². The van der Waals surface area contributed by atoms with Crippen LogP contribution in [0.3, 0.4) is 0 Å². The summed E-state index contributed by atoms with van der Waals surface area (Å²) in [7, 11) is 0. The molecule has 0 saturated carbocycles. The van der Waals surface area contributed by atoms with Gasteiger partial charge in [-0.15, -0.1) is 0 Å². The highest BCUT2D eigenvalue weighted by Crippen LogP contribution is 2.36. The first kappa shape index (κ1) is 21.5. The number of carbonyl (C=O) groups excluding carboxylic acids is 2. The van der Waals surface area contributed by atoms with Gasteiger partial charge in [0.1, 0.15) is 4.32 Å². The Morgan fingerprint density at radius 2 is 1.91 bits per heavy atom. The monoisotopic (exact) mass is 476 g/mol. The Balaban J connectivity index is 1.18. The molecule has 0 aliphatic carbocycles. The standard InChI is InChI=1S/C25H20N2O4S2/c28-23(14-18-6-3-5-17-4-1-2-7-19(17)18)26-10-11-27-24(29)22(33-25(27)32)13-16-8-9-20-21(12-16)31-15-30-20/h1-9,12-13H,10-11,14-15H2,(H,26,28)/b22-13+. The zero-order valence-electron chi connectivity index (χ0n) is 17.6. The molecule has 33 heavy (non-hydrogen) atoms. The van der Waals surface area contributed by atoms with Crippen LogP contribution in [0.4, 0.5) is 0 Å². The predicted octanol–water partition coefficient (Wildman–Crippen LogP) is 4.13. The number of hydrogen-bond acceptors (Lipinski definition) is 6. The first-order chi connectivity index (χ1) is 16.1. The van der Waals surface area contributed by atoms with E-state index in [-0.39, 0.29) is 25.0 Å². The van der Waals surface area contributed by atoms with Crippen LogP contribution in [-0.4, -0.2) is 40.9 Å². The predicted molar refractivity (Wildman–Crippen MR) is 133 cm³/mol. The molecule has 0 radical (unpaired) electrons. The molecule has 3 aromatic carbocycles. The van der Waals surface area contributed by atoms with Crippen LogP contribution in [-0.2, 0) is 16.0 Å².